The van der Waals surface area contributed by atoms with Crippen molar-refractivity contribution in [1.82, 2.24) is 5.32 Å². The van der Waals surface area contributed by atoms with Gasteiger partial charge in [-0.2, -0.15) is 0 Å². The van der Waals surface area contributed by atoms with Crippen LogP contribution in [0.5, 0.6) is 0 Å². The molecule has 0 bridgehead atoms. The van der Waals surface area contributed by atoms with Crippen molar-refractivity contribution in [2.75, 3.05) is 13.7 Å². The van der Waals surface area contributed by atoms with Gasteiger partial charge in [-0.25, -0.2) is 0 Å². The number of nitrogens with one attached hydrogen (secondary N) is 1. The Bertz CT molecular complexity index is 273. The molecule has 0 aromatic heterocycles. The SMILES string of the molecule is CCC(OC1CCCCC1)C(=O)NC(C)(C)COC. The Labute approximate surface area is 117 Å². The third-order valence-electron chi connectivity index (χ3n) is 3.54. The van der Waals surface area contributed by atoms with Gasteiger partial charge in [0.25, 0.3) is 0 Å². The summed E-state index contributed by atoms with van der Waals surface area (Å²) in [7, 11) is 1.64. The minimum Gasteiger partial charge on any atom is -0.382 e. The van der Waals surface area contributed by atoms with E-state index in [1.165, 1.54) is 19.3 Å². The van der Waals surface area contributed by atoms with E-state index in [-0.39, 0.29) is 23.7 Å². The maximum atomic E-state index is 12.2. The van der Waals surface area contributed by atoms with Crippen molar-refractivity contribution in [2.24, 2.45) is 0 Å². The average Bonchev–Trinajstić information content (AvgIpc) is 2.36. The first-order valence-corrected chi connectivity index (χ1v) is 7.45. The molecule has 1 N–H and O–H groups in total. The zero-order valence-corrected chi connectivity index (χ0v) is 12.8. The van der Waals surface area contributed by atoms with Gasteiger partial charge >= 0.3 is 0 Å². The van der Waals surface area contributed by atoms with Crippen molar-refractivity contribution < 1.29 is 14.3 Å². The van der Waals surface area contributed by atoms with Crippen LogP contribution in [0.2, 0.25) is 0 Å². The van der Waals surface area contributed by atoms with Crippen LogP contribution in [0.3, 0.4) is 0 Å². The largest absolute Gasteiger partial charge is 0.382 e. The van der Waals surface area contributed by atoms with Crippen LogP contribution in [0, 0.1) is 0 Å². The van der Waals surface area contributed by atoms with Crippen LogP contribution in [-0.4, -0.2) is 37.4 Å². The van der Waals surface area contributed by atoms with Crippen molar-refractivity contribution in [2.45, 2.75) is 77.0 Å². The van der Waals surface area contributed by atoms with E-state index in [9.17, 15) is 4.79 Å². The van der Waals surface area contributed by atoms with E-state index in [1.54, 1.807) is 7.11 Å². The van der Waals surface area contributed by atoms with E-state index in [0.717, 1.165) is 12.8 Å². The molecule has 0 spiro atoms. The zero-order valence-electron chi connectivity index (χ0n) is 12.8. The lowest BCUT2D eigenvalue weighted by Gasteiger charge is -2.30. The molecule has 1 saturated carbocycles. The van der Waals surface area contributed by atoms with Gasteiger partial charge in [0.05, 0.1) is 18.2 Å². The van der Waals surface area contributed by atoms with E-state index in [1.807, 2.05) is 20.8 Å². The normalized spacial score (nSPS) is 19.2. The summed E-state index contributed by atoms with van der Waals surface area (Å²) < 4.78 is 11.1. The van der Waals surface area contributed by atoms with E-state index in [0.29, 0.717) is 13.0 Å². The standard InChI is InChI=1S/C15H29NO3/c1-5-13(19-12-9-7-6-8-10-12)14(17)16-15(2,3)11-18-4/h12-13H,5-11H2,1-4H3,(H,16,17). The third kappa shape index (κ3) is 5.91. The second kappa shape index (κ2) is 7.85. The summed E-state index contributed by atoms with van der Waals surface area (Å²) in [6.07, 6.45) is 6.55. The highest BCUT2D eigenvalue weighted by molar-refractivity contribution is 5.81. The molecule has 4 heteroatoms. The predicted molar refractivity (Wildman–Crippen MR) is 76.1 cm³/mol. The Hall–Kier alpha value is -0.610. The number of hydrogen-bond donors (Lipinski definition) is 1. The van der Waals surface area contributed by atoms with Crippen LogP contribution in [0.15, 0.2) is 0 Å². The van der Waals surface area contributed by atoms with Crippen LogP contribution in [-0.2, 0) is 14.3 Å². The highest BCUT2D eigenvalue weighted by Crippen LogP contribution is 2.22. The second-order valence-electron chi connectivity index (χ2n) is 6.10. The first-order chi connectivity index (χ1) is 8.98. The molecule has 1 aliphatic carbocycles. The molecular formula is C15H29NO3. The molecule has 0 saturated heterocycles. The van der Waals surface area contributed by atoms with Gasteiger partial charge in [-0.3, -0.25) is 4.79 Å². The van der Waals surface area contributed by atoms with Crippen molar-refractivity contribution >= 4 is 5.91 Å². The van der Waals surface area contributed by atoms with Crippen LogP contribution >= 0.6 is 0 Å². The number of methoxy groups -OCH3 is 1. The van der Waals surface area contributed by atoms with Gasteiger partial charge in [0, 0.05) is 7.11 Å². The van der Waals surface area contributed by atoms with Gasteiger partial charge in [0.2, 0.25) is 5.91 Å². The highest BCUT2D eigenvalue weighted by Gasteiger charge is 2.27. The molecule has 1 aliphatic rings. The molecule has 1 rings (SSSR count). The van der Waals surface area contributed by atoms with Crippen LogP contribution in [0.25, 0.3) is 0 Å². The maximum absolute atomic E-state index is 12.2. The van der Waals surface area contributed by atoms with Crippen molar-refractivity contribution in [1.29, 1.82) is 0 Å². The minimum absolute atomic E-state index is 0.0184. The molecule has 0 aromatic rings. The first kappa shape index (κ1) is 16.4. The lowest BCUT2D eigenvalue weighted by molar-refractivity contribution is -0.140. The smallest absolute Gasteiger partial charge is 0.249 e. The average molecular weight is 271 g/mol. The number of amides is 1. The fourth-order valence-corrected chi connectivity index (χ4v) is 2.59. The summed E-state index contributed by atoms with van der Waals surface area (Å²) in [5.74, 6) is -0.0184. The fourth-order valence-electron chi connectivity index (χ4n) is 2.59. The molecule has 19 heavy (non-hydrogen) atoms. The van der Waals surface area contributed by atoms with E-state index in [2.05, 4.69) is 5.32 Å². The quantitative estimate of drug-likeness (QED) is 0.774. The molecule has 0 heterocycles. The van der Waals surface area contributed by atoms with Crippen molar-refractivity contribution in [3.05, 3.63) is 0 Å². The van der Waals surface area contributed by atoms with Gasteiger partial charge in [-0.05, 0) is 33.1 Å². The Kier molecular flexibility index (Phi) is 6.80. The first-order valence-electron chi connectivity index (χ1n) is 7.45. The molecule has 1 atom stereocenters. The predicted octanol–water partition coefficient (Wildman–Crippen LogP) is 2.66. The topological polar surface area (TPSA) is 47.6 Å². The summed E-state index contributed by atoms with van der Waals surface area (Å²) in [6, 6.07) is 0. The number of rotatable bonds is 7. The number of carbonyl (C=O) groups excluding carboxylic acids is 1. The van der Waals surface area contributed by atoms with Gasteiger partial charge in [0.15, 0.2) is 0 Å². The van der Waals surface area contributed by atoms with Crippen molar-refractivity contribution in [3.63, 3.8) is 0 Å². The van der Waals surface area contributed by atoms with Crippen LogP contribution < -0.4 is 5.32 Å². The van der Waals surface area contributed by atoms with Crippen LogP contribution in [0.1, 0.15) is 59.3 Å². The second-order valence-corrected chi connectivity index (χ2v) is 6.10. The molecule has 0 radical (unpaired) electrons. The zero-order chi connectivity index (χ0) is 14.3. The molecule has 1 amide bonds. The molecule has 0 aromatic carbocycles. The summed E-state index contributed by atoms with van der Waals surface area (Å²) >= 11 is 0. The van der Waals surface area contributed by atoms with Crippen molar-refractivity contribution in [3.8, 4) is 0 Å². The Morgan fingerprint density at radius 1 is 1.32 bits per heavy atom. The fraction of sp³-hybridized carbons (Fsp3) is 0.933. The highest BCUT2D eigenvalue weighted by atomic mass is 16.5. The lowest BCUT2D eigenvalue weighted by atomic mass is 9.97. The van der Waals surface area contributed by atoms with E-state index in [4.69, 9.17) is 9.47 Å². The third-order valence-corrected chi connectivity index (χ3v) is 3.54. The maximum Gasteiger partial charge on any atom is 0.249 e. The number of hydrogen-bond acceptors (Lipinski definition) is 3. The molecule has 4 nitrogen and oxygen atoms in total. The monoisotopic (exact) mass is 271 g/mol. The van der Waals surface area contributed by atoms with E-state index < -0.39 is 0 Å². The molecular weight excluding hydrogens is 242 g/mol. The molecule has 1 fully saturated rings. The Balaban J connectivity index is 2.46. The molecule has 0 aliphatic heterocycles. The summed E-state index contributed by atoms with van der Waals surface area (Å²) in [5.41, 5.74) is -0.352. The van der Waals surface area contributed by atoms with Gasteiger partial charge < -0.3 is 14.8 Å². The van der Waals surface area contributed by atoms with E-state index >= 15 is 0 Å². The molecule has 1 unspecified atom stereocenters. The summed E-state index contributed by atoms with van der Waals surface area (Å²) in [6.45, 7) is 6.42. The minimum atomic E-state index is -0.352. The number of ether oxygens (including phenoxy) is 2. The van der Waals surface area contributed by atoms with Gasteiger partial charge in [-0.1, -0.05) is 26.2 Å². The van der Waals surface area contributed by atoms with Gasteiger partial charge in [-0.15, -0.1) is 0 Å². The summed E-state index contributed by atoms with van der Waals surface area (Å²) in [5, 5.41) is 3.01. The molecule has 112 valence electrons. The Morgan fingerprint density at radius 3 is 2.47 bits per heavy atom. The van der Waals surface area contributed by atoms with Crippen LogP contribution in [0.4, 0.5) is 0 Å². The number of carbonyl (C=O) groups is 1. The lowest BCUT2D eigenvalue weighted by Crippen LogP contribution is -2.51. The summed E-state index contributed by atoms with van der Waals surface area (Å²) in [4.78, 5) is 12.2. The van der Waals surface area contributed by atoms with Gasteiger partial charge in [0.1, 0.15) is 6.10 Å². The Morgan fingerprint density at radius 2 is 1.95 bits per heavy atom.